The molecular formula is C28H23BrClN3O5. The molecular weight excluding hydrogens is 574 g/mol. The molecule has 2 N–H and O–H groups in total. The molecule has 3 aromatic rings. The molecule has 4 rings (SSSR count). The standard InChI is InChI=1S/C28H23BrClN3O5/c1-15-4-5-17(3)23(10-15)31-25(34)14-38-24-9-7-19(29)11-18(24)12-21-26(35)32-28(37)33(27(21)36)20-8-6-16(2)22(30)13-20/h4-13H,14H2,1-3H3,(H,31,34)(H,32,35,37)/b21-12+. The molecule has 194 valence electrons. The van der Waals surface area contributed by atoms with Crippen LogP contribution in [0.25, 0.3) is 6.08 Å². The van der Waals surface area contributed by atoms with E-state index in [-0.39, 0.29) is 29.5 Å². The lowest BCUT2D eigenvalue weighted by Crippen LogP contribution is -2.54. The van der Waals surface area contributed by atoms with Crippen LogP contribution in [0.4, 0.5) is 16.2 Å². The Bertz CT molecular complexity index is 1520. The minimum absolute atomic E-state index is 0.218. The van der Waals surface area contributed by atoms with E-state index in [2.05, 4.69) is 26.6 Å². The van der Waals surface area contributed by atoms with E-state index >= 15 is 0 Å². The summed E-state index contributed by atoms with van der Waals surface area (Å²) in [7, 11) is 0. The molecule has 3 aromatic carbocycles. The van der Waals surface area contributed by atoms with Crippen molar-refractivity contribution in [3.63, 3.8) is 0 Å². The lowest BCUT2D eigenvalue weighted by molar-refractivity contribution is -0.122. The molecule has 0 aliphatic carbocycles. The van der Waals surface area contributed by atoms with Crippen molar-refractivity contribution >= 4 is 68.7 Å². The summed E-state index contributed by atoms with van der Waals surface area (Å²) in [5, 5.41) is 5.37. The van der Waals surface area contributed by atoms with Gasteiger partial charge in [-0.1, -0.05) is 45.7 Å². The zero-order valence-corrected chi connectivity index (χ0v) is 23.1. The highest BCUT2D eigenvalue weighted by Gasteiger charge is 2.37. The predicted molar refractivity (Wildman–Crippen MR) is 149 cm³/mol. The number of aryl methyl sites for hydroxylation is 3. The molecule has 5 amide bonds. The van der Waals surface area contributed by atoms with Gasteiger partial charge in [0.05, 0.1) is 5.69 Å². The van der Waals surface area contributed by atoms with E-state index in [4.69, 9.17) is 16.3 Å². The summed E-state index contributed by atoms with van der Waals surface area (Å²) in [5.41, 5.74) is 3.65. The Morgan fingerprint density at radius 1 is 1.03 bits per heavy atom. The van der Waals surface area contributed by atoms with Crippen LogP contribution in [0.5, 0.6) is 5.75 Å². The number of hydrogen-bond acceptors (Lipinski definition) is 5. The van der Waals surface area contributed by atoms with Gasteiger partial charge in [-0.25, -0.2) is 9.69 Å². The Balaban J connectivity index is 1.59. The molecule has 0 unspecified atom stereocenters. The normalized spacial score (nSPS) is 14.5. The largest absolute Gasteiger partial charge is 0.483 e. The molecule has 0 spiro atoms. The Labute approximate surface area is 232 Å². The van der Waals surface area contributed by atoms with Gasteiger partial charge < -0.3 is 10.1 Å². The first kappa shape index (κ1) is 27.1. The molecule has 38 heavy (non-hydrogen) atoms. The number of amides is 5. The number of rotatable bonds is 6. The van der Waals surface area contributed by atoms with Crippen molar-refractivity contribution < 1.29 is 23.9 Å². The highest BCUT2D eigenvalue weighted by atomic mass is 79.9. The van der Waals surface area contributed by atoms with Crippen molar-refractivity contribution in [2.24, 2.45) is 0 Å². The minimum atomic E-state index is -0.883. The predicted octanol–water partition coefficient (Wildman–Crippen LogP) is 5.71. The minimum Gasteiger partial charge on any atom is -0.483 e. The van der Waals surface area contributed by atoms with Crippen LogP contribution in [0.3, 0.4) is 0 Å². The lowest BCUT2D eigenvalue weighted by Gasteiger charge is -2.26. The van der Waals surface area contributed by atoms with Crippen LogP contribution in [-0.4, -0.2) is 30.4 Å². The molecule has 10 heteroatoms. The summed E-state index contributed by atoms with van der Waals surface area (Å²) in [6.45, 7) is 5.30. The van der Waals surface area contributed by atoms with Gasteiger partial charge in [0.1, 0.15) is 11.3 Å². The number of barbiturate groups is 1. The summed E-state index contributed by atoms with van der Waals surface area (Å²) < 4.78 is 6.40. The number of nitrogens with one attached hydrogen (secondary N) is 2. The molecule has 1 fully saturated rings. The number of hydrogen-bond donors (Lipinski definition) is 2. The van der Waals surface area contributed by atoms with Crippen LogP contribution in [0, 0.1) is 20.8 Å². The summed E-state index contributed by atoms with van der Waals surface area (Å²) in [5.74, 6) is -1.79. The topological polar surface area (TPSA) is 105 Å². The molecule has 0 radical (unpaired) electrons. The number of benzene rings is 3. The Kier molecular flexibility index (Phi) is 7.99. The number of carbonyl (C=O) groups is 4. The average molecular weight is 597 g/mol. The third kappa shape index (κ3) is 5.95. The van der Waals surface area contributed by atoms with Crippen molar-refractivity contribution in [1.82, 2.24) is 5.32 Å². The monoisotopic (exact) mass is 595 g/mol. The number of anilines is 2. The number of carbonyl (C=O) groups excluding carboxylic acids is 4. The second-order valence-electron chi connectivity index (χ2n) is 8.73. The van der Waals surface area contributed by atoms with Gasteiger partial charge in [0.2, 0.25) is 0 Å². The molecule has 0 atom stereocenters. The smallest absolute Gasteiger partial charge is 0.335 e. The molecule has 1 heterocycles. The molecule has 0 saturated carbocycles. The Hall–Kier alpha value is -3.95. The first-order chi connectivity index (χ1) is 18.0. The van der Waals surface area contributed by atoms with Gasteiger partial charge in [0, 0.05) is 20.7 Å². The van der Waals surface area contributed by atoms with E-state index < -0.39 is 17.8 Å². The van der Waals surface area contributed by atoms with Crippen molar-refractivity contribution in [3.05, 3.63) is 91.9 Å². The Morgan fingerprint density at radius 2 is 1.76 bits per heavy atom. The second kappa shape index (κ2) is 11.2. The zero-order valence-electron chi connectivity index (χ0n) is 20.7. The van der Waals surface area contributed by atoms with Gasteiger partial charge in [-0.3, -0.25) is 19.7 Å². The van der Waals surface area contributed by atoms with Crippen LogP contribution in [0.15, 0.2) is 64.6 Å². The first-order valence-electron chi connectivity index (χ1n) is 11.5. The molecule has 8 nitrogen and oxygen atoms in total. The highest BCUT2D eigenvalue weighted by Crippen LogP contribution is 2.30. The maximum atomic E-state index is 13.3. The number of nitrogens with zero attached hydrogens (tertiary/aromatic N) is 1. The van der Waals surface area contributed by atoms with Gasteiger partial charge in [-0.15, -0.1) is 0 Å². The number of halogens is 2. The molecule has 0 bridgehead atoms. The van der Waals surface area contributed by atoms with E-state index in [0.29, 0.717) is 20.7 Å². The van der Waals surface area contributed by atoms with Crippen LogP contribution < -0.4 is 20.3 Å². The number of ether oxygens (including phenoxy) is 1. The van der Waals surface area contributed by atoms with Gasteiger partial charge in [-0.05, 0) is 79.9 Å². The maximum Gasteiger partial charge on any atom is 0.335 e. The van der Waals surface area contributed by atoms with Gasteiger partial charge in [-0.2, -0.15) is 0 Å². The third-order valence-corrected chi connectivity index (χ3v) is 6.71. The van der Waals surface area contributed by atoms with Crippen molar-refractivity contribution in [2.45, 2.75) is 20.8 Å². The SMILES string of the molecule is Cc1ccc(C)c(NC(=O)COc2ccc(Br)cc2/C=C2\C(=O)NC(=O)N(c3ccc(C)c(Cl)c3)C2=O)c1. The van der Waals surface area contributed by atoms with Crippen LogP contribution in [0.1, 0.15) is 22.3 Å². The van der Waals surface area contributed by atoms with Crippen LogP contribution in [-0.2, 0) is 14.4 Å². The van der Waals surface area contributed by atoms with Gasteiger partial charge >= 0.3 is 6.03 Å². The van der Waals surface area contributed by atoms with Crippen LogP contribution in [0.2, 0.25) is 5.02 Å². The summed E-state index contributed by atoms with van der Waals surface area (Å²) in [6, 6.07) is 14.5. The fourth-order valence-corrected chi connectivity index (χ4v) is 4.29. The van der Waals surface area contributed by atoms with Crippen molar-refractivity contribution in [2.75, 3.05) is 16.8 Å². The number of urea groups is 1. The Morgan fingerprint density at radius 3 is 2.50 bits per heavy atom. The van der Waals surface area contributed by atoms with Gasteiger partial charge in [0.25, 0.3) is 17.7 Å². The maximum absolute atomic E-state index is 13.3. The van der Waals surface area contributed by atoms with Crippen LogP contribution >= 0.6 is 27.5 Å². The zero-order chi connectivity index (χ0) is 27.6. The lowest BCUT2D eigenvalue weighted by atomic mass is 10.1. The van der Waals surface area contributed by atoms with E-state index in [1.165, 1.54) is 12.1 Å². The fourth-order valence-electron chi connectivity index (χ4n) is 3.73. The van der Waals surface area contributed by atoms with E-state index in [0.717, 1.165) is 21.6 Å². The molecule has 1 saturated heterocycles. The average Bonchev–Trinajstić information content (AvgIpc) is 2.85. The first-order valence-corrected chi connectivity index (χ1v) is 12.7. The molecule has 0 aromatic heterocycles. The van der Waals surface area contributed by atoms with E-state index in [9.17, 15) is 19.2 Å². The van der Waals surface area contributed by atoms with Gasteiger partial charge in [0.15, 0.2) is 6.61 Å². The fraction of sp³-hybridized carbons (Fsp3) is 0.143. The quantitative estimate of drug-likeness (QED) is 0.280. The van der Waals surface area contributed by atoms with E-state index in [1.807, 2.05) is 32.0 Å². The van der Waals surface area contributed by atoms with E-state index in [1.54, 1.807) is 37.3 Å². The number of imide groups is 2. The summed E-state index contributed by atoms with van der Waals surface area (Å²) >= 11 is 9.56. The van der Waals surface area contributed by atoms with Crippen molar-refractivity contribution in [1.29, 1.82) is 0 Å². The second-order valence-corrected chi connectivity index (χ2v) is 10.1. The third-order valence-electron chi connectivity index (χ3n) is 5.81. The summed E-state index contributed by atoms with van der Waals surface area (Å²) in [6.07, 6.45) is 1.32. The summed E-state index contributed by atoms with van der Waals surface area (Å²) in [4.78, 5) is 51.9. The molecule has 1 aliphatic rings. The highest BCUT2D eigenvalue weighted by molar-refractivity contribution is 9.10. The van der Waals surface area contributed by atoms with Crippen molar-refractivity contribution in [3.8, 4) is 5.75 Å². The molecule has 1 aliphatic heterocycles.